The van der Waals surface area contributed by atoms with Crippen LogP contribution in [0.5, 0.6) is 0 Å². The Bertz CT molecular complexity index is 193. The first-order valence-corrected chi connectivity index (χ1v) is 5.01. The molecule has 3 heteroatoms. The van der Waals surface area contributed by atoms with Gasteiger partial charge >= 0.3 is 0 Å². The molecule has 0 aromatic carbocycles. The molecule has 74 valence electrons. The lowest BCUT2D eigenvalue weighted by atomic mass is 9.93. The van der Waals surface area contributed by atoms with Gasteiger partial charge in [-0.15, -0.1) is 0 Å². The highest BCUT2D eigenvalue weighted by molar-refractivity contribution is 5.98. The lowest BCUT2D eigenvalue weighted by Crippen LogP contribution is -2.22. The second kappa shape index (κ2) is 5.00. The minimum atomic E-state index is -0.491. The van der Waals surface area contributed by atoms with Gasteiger partial charge in [0.15, 0.2) is 0 Å². The van der Waals surface area contributed by atoms with E-state index >= 15 is 0 Å². The van der Waals surface area contributed by atoms with Crippen LogP contribution in [-0.4, -0.2) is 11.7 Å². The average molecular weight is 183 g/mol. The molecule has 0 aromatic heterocycles. The Balaban J connectivity index is 2.39. The number of carbonyl (C=O) groups is 2. The number of primary amides is 1. The molecule has 0 radical (unpaired) electrons. The number of Topliss-reactive ketones (excluding diaryl/α,β-unsaturated/α-hetero) is 1. The van der Waals surface area contributed by atoms with E-state index in [2.05, 4.69) is 0 Å². The van der Waals surface area contributed by atoms with Gasteiger partial charge in [0.2, 0.25) is 5.91 Å². The number of nitrogens with two attached hydrogens (primary N) is 1. The fraction of sp³-hybridized carbons (Fsp3) is 0.800. The summed E-state index contributed by atoms with van der Waals surface area (Å²) in [6, 6.07) is 0. The van der Waals surface area contributed by atoms with Gasteiger partial charge in [0.25, 0.3) is 0 Å². The Labute approximate surface area is 78.7 Å². The van der Waals surface area contributed by atoms with E-state index in [1.54, 1.807) is 0 Å². The molecule has 1 fully saturated rings. The SMILES string of the molecule is NC(=O)CC(=O)C1CCCCCC1. The van der Waals surface area contributed by atoms with Crippen LogP contribution in [-0.2, 0) is 9.59 Å². The second-order valence-electron chi connectivity index (χ2n) is 3.80. The van der Waals surface area contributed by atoms with E-state index in [0.717, 1.165) is 25.7 Å². The van der Waals surface area contributed by atoms with E-state index in [-0.39, 0.29) is 18.1 Å². The molecule has 13 heavy (non-hydrogen) atoms. The van der Waals surface area contributed by atoms with Crippen LogP contribution in [0.15, 0.2) is 0 Å². The monoisotopic (exact) mass is 183 g/mol. The predicted molar refractivity (Wildman–Crippen MR) is 50.0 cm³/mol. The molecule has 0 atom stereocenters. The van der Waals surface area contributed by atoms with E-state index in [1.165, 1.54) is 12.8 Å². The fourth-order valence-corrected chi connectivity index (χ4v) is 1.92. The van der Waals surface area contributed by atoms with Crippen molar-refractivity contribution in [3.8, 4) is 0 Å². The number of carbonyl (C=O) groups excluding carboxylic acids is 2. The zero-order chi connectivity index (χ0) is 9.68. The maximum absolute atomic E-state index is 11.5. The summed E-state index contributed by atoms with van der Waals surface area (Å²) in [5.41, 5.74) is 4.98. The third-order valence-corrected chi connectivity index (χ3v) is 2.66. The molecule has 0 bridgehead atoms. The van der Waals surface area contributed by atoms with Gasteiger partial charge in [-0.2, -0.15) is 0 Å². The van der Waals surface area contributed by atoms with E-state index in [1.807, 2.05) is 0 Å². The standard InChI is InChI=1S/C10H17NO2/c11-10(13)7-9(12)8-5-3-1-2-4-6-8/h8H,1-7H2,(H2,11,13). The summed E-state index contributed by atoms with van der Waals surface area (Å²) in [5.74, 6) is -0.335. The molecule has 3 nitrogen and oxygen atoms in total. The van der Waals surface area contributed by atoms with Crippen LogP contribution in [0.25, 0.3) is 0 Å². The van der Waals surface area contributed by atoms with Crippen LogP contribution >= 0.6 is 0 Å². The van der Waals surface area contributed by atoms with Crippen molar-refractivity contribution in [1.82, 2.24) is 0 Å². The summed E-state index contributed by atoms with van der Waals surface area (Å²) in [7, 11) is 0. The van der Waals surface area contributed by atoms with Crippen molar-refractivity contribution in [1.29, 1.82) is 0 Å². The smallest absolute Gasteiger partial charge is 0.224 e. The molecule has 1 saturated carbocycles. The van der Waals surface area contributed by atoms with Gasteiger partial charge in [-0.05, 0) is 12.8 Å². The van der Waals surface area contributed by atoms with Crippen molar-refractivity contribution in [3.63, 3.8) is 0 Å². The van der Waals surface area contributed by atoms with Crippen molar-refractivity contribution in [2.24, 2.45) is 11.7 Å². The Morgan fingerprint density at radius 3 is 2.08 bits per heavy atom. The number of rotatable bonds is 3. The molecule has 1 aliphatic carbocycles. The highest BCUT2D eigenvalue weighted by Crippen LogP contribution is 2.24. The summed E-state index contributed by atoms with van der Waals surface area (Å²) in [6.07, 6.45) is 6.52. The molecule has 0 aromatic rings. The zero-order valence-corrected chi connectivity index (χ0v) is 7.92. The Morgan fingerprint density at radius 1 is 1.08 bits per heavy atom. The van der Waals surface area contributed by atoms with Gasteiger partial charge in [0, 0.05) is 5.92 Å². The van der Waals surface area contributed by atoms with Gasteiger partial charge in [-0.3, -0.25) is 9.59 Å². The van der Waals surface area contributed by atoms with Crippen LogP contribution in [0.1, 0.15) is 44.9 Å². The average Bonchev–Trinajstić information content (AvgIpc) is 2.29. The topological polar surface area (TPSA) is 60.2 Å². The maximum Gasteiger partial charge on any atom is 0.224 e. The van der Waals surface area contributed by atoms with Crippen LogP contribution in [0.2, 0.25) is 0 Å². The minimum absolute atomic E-state index is 0.0504. The number of hydrogen-bond acceptors (Lipinski definition) is 2. The van der Waals surface area contributed by atoms with Gasteiger partial charge in [0.1, 0.15) is 5.78 Å². The van der Waals surface area contributed by atoms with E-state index in [4.69, 9.17) is 5.73 Å². The molecule has 0 aliphatic heterocycles. The van der Waals surface area contributed by atoms with Crippen molar-refractivity contribution in [2.45, 2.75) is 44.9 Å². The highest BCUT2D eigenvalue weighted by Gasteiger charge is 2.20. The number of ketones is 1. The van der Waals surface area contributed by atoms with Crippen LogP contribution in [0, 0.1) is 5.92 Å². The van der Waals surface area contributed by atoms with Crippen molar-refractivity contribution in [3.05, 3.63) is 0 Å². The van der Waals surface area contributed by atoms with Gasteiger partial charge in [-0.1, -0.05) is 25.7 Å². The lowest BCUT2D eigenvalue weighted by molar-refractivity contribution is -0.129. The zero-order valence-electron chi connectivity index (χ0n) is 7.92. The van der Waals surface area contributed by atoms with Crippen LogP contribution in [0.3, 0.4) is 0 Å². The van der Waals surface area contributed by atoms with Gasteiger partial charge in [-0.25, -0.2) is 0 Å². The lowest BCUT2D eigenvalue weighted by Gasteiger charge is -2.10. The third-order valence-electron chi connectivity index (χ3n) is 2.66. The minimum Gasteiger partial charge on any atom is -0.369 e. The first-order chi connectivity index (χ1) is 6.20. The quantitative estimate of drug-likeness (QED) is 0.531. The fourth-order valence-electron chi connectivity index (χ4n) is 1.92. The third kappa shape index (κ3) is 3.57. The van der Waals surface area contributed by atoms with Gasteiger partial charge < -0.3 is 5.73 Å². The Hall–Kier alpha value is -0.860. The first-order valence-electron chi connectivity index (χ1n) is 5.01. The van der Waals surface area contributed by atoms with E-state index < -0.39 is 5.91 Å². The van der Waals surface area contributed by atoms with Crippen molar-refractivity contribution < 1.29 is 9.59 Å². The molecule has 0 unspecified atom stereocenters. The molecule has 1 rings (SSSR count). The summed E-state index contributed by atoms with van der Waals surface area (Å²) in [5, 5.41) is 0. The maximum atomic E-state index is 11.5. The molecular formula is C10H17NO2. The molecule has 0 spiro atoms. The number of amides is 1. The number of hydrogen-bond donors (Lipinski definition) is 1. The van der Waals surface area contributed by atoms with E-state index in [9.17, 15) is 9.59 Å². The van der Waals surface area contributed by atoms with Crippen LogP contribution in [0.4, 0.5) is 0 Å². The summed E-state index contributed by atoms with van der Waals surface area (Å²) in [4.78, 5) is 22.0. The molecular weight excluding hydrogens is 166 g/mol. The van der Waals surface area contributed by atoms with Crippen molar-refractivity contribution in [2.75, 3.05) is 0 Å². The molecule has 2 N–H and O–H groups in total. The second-order valence-corrected chi connectivity index (χ2v) is 3.80. The summed E-state index contributed by atoms with van der Waals surface area (Å²) >= 11 is 0. The normalized spacial score (nSPS) is 19.4. The van der Waals surface area contributed by atoms with E-state index in [0.29, 0.717) is 0 Å². The molecule has 1 amide bonds. The summed E-state index contributed by atoms with van der Waals surface area (Å²) in [6.45, 7) is 0. The largest absolute Gasteiger partial charge is 0.369 e. The van der Waals surface area contributed by atoms with Gasteiger partial charge in [0.05, 0.1) is 6.42 Å². The molecule has 0 saturated heterocycles. The summed E-state index contributed by atoms with van der Waals surface area (Å²) < 4.78 is 0. The first kappa shape index (κ1) is 10.2. The Kier molecular flexibility index (Phi) is 3.93. The highest BCUT2D eigenvalue weighted by atomic mass is 16.2. The Morgan fingerprint density at radius 2 is 1.62 bits per heavy atom. The van der Waals surface area contributed by atoms with Crippen molar-refractivity contribution >= 4 is 11.7 Å². The van der Waals surface area contributed by atoms with Crippen LogP contribution < -0.4 is 5.73 Å². The molecule has 1 aliphatic rings. The predicted octanol–water partition coefficient (Wildman–Crippen LogP) is 1.40. The molecule has 0 heterocycles.